The molecule has 1 N–H and O–H groups in total. The van der Waals surface area contributed by atoms with Crippen molar-refractivity contribution in [1.29, 1.82) is 0 Å². The van der Waals surface area contributed by atoms with Crippen LogP contribution in [0.3, 0.4) is 0 Å². The molecule has 0 saturated carbocycles. The first kappa shape index (κ1) is 13.3. The zero-order chi connectivity index (χ0) is 12.7. The van der Waals surface area contributed by atoms with Gasteiger partial charge in [0.25, 0.3) is 0 Å². The van der Waals surface area contributed by atoms with Gasteiger partial charge in [-0.05, 0) is 37.1 Å². The minimum Gasteiger partial charge on any atom is -0.463 e. The third kappa shape index (κ3) is 4.28. The monoisotopic (exact) mass is 236 g/mol. The Labute approximate surface area is 100 Å². The van der Waals surface area contributed by atoms with E-state index in [1.54, 1.807) is 6.07 Å². The molecule has 1 aromatic rings. The fourth-order valence-corrected chi connectivity index (χ4v) is 1.35. The molecule has 0 aliphatic rings. The summed E-state index contributed by atoms with van der Waals surface area (Å²) in [5.41, 5.74) is 1.04. The lowest BCUT2D eigenvalue weighted by atomic mass is 10.1. The zero-order valence-electron chi connectivity index (χ0n) is 9.81. The van der Waals surface area contributed by atoms with Crippen molar-refractivity contribution in [2.75, 3.05) is 13.7 Å². The van der Waals surface area contributed by atoms with Gasteiger partial charge in [-0.1, -0.05) is 12.1 Å². The lowest BCUT2D eigenvalue weighted by Crippen LogP contribution is -2.09. The van der Waals surface area contributed by atoms with Crippen LogP contribution in [0.5, 0.6) is 5.75 Å². The van der Waals surface area contributed by atoms with Gasteiger partial charge >= 0.3 is 5.97 Å². The Bertz CT molecular complexity index is 398. The summed E-state index contributed by atoms with van der Waals surface area (Å²) in [5.74, 6) is -0.103. The molecule has 0 heterocycles. The van der Waals surface area contributed by atoms with E-state index < -0.39 is 5.97 Å². The van der Waals surface area contributed by atoms with Crippen LogP contribution in [0.1, 0.15) is 12.0 Å². The first-order chi connectivity index (χ1) is 8.17. The number of aliphatic hydroxyl groups excluding tert-OH is 1. The molecule has 1 rings (SSSR count). The number of hydrogen-bond donors (Lipinski definition) is 1. The van der Waals surface area contributed by atoms with Crippen LogP contribution in [0.15, 0.2) is 36.6 Å². The van der Waals surface area contributed by atoms with E-state index in [9.17, 15) is 4.79 Å². The van der Waals surface area contributed by atoms with E-state index >= 15 is 0 Å². The van der Waals surface area contributed by atoms with E-state index in [0.29, 0.717) is 12.2 Å². The van der Waals surface area contributed by atoms with Crippen molar-refractivity contribution in [3.05, 3.63) is 42.2 Å². The van der Waals surface area contributed by atoms with Crippen LogP contribution in [0, 0.1) is 0 Å². The molecule has 4 nitrogen and oxygen atoms in total. The number of esters is 1. The van der Waals surface area contributed by atoms with Crippen LogP contribution in [-0.2, 0) is 16.0 Å². The second-order valence-electron chi connectivity index (χ2n) is 3.49. The molecule has 0 radical (unpaired) electrons. The Kier molecular flexibility index (Phi) is 5.23. The highest BCUT2D eigenvalue weighted by Gasteiger charge is 2.09. The lowest BCUT2D eigenvalue weighted by molar-refractivity contribution is -0.138. The highest BCUT2D eigenvalue weighted by atomic mass is 16.6. The van der Waals surface area contributed by atoms with E-state index in [2.05, 4.69) is 11.3 Å². The summed E-state index contributed by atoms with van der Waals surface area (Å²) in [5, 5.41) is 8.74. The van der Waals surface area contributed by atoms with Crippen LogP contribution in [-0.4, -0.2) is 24.8 Å². The molecule has 0 amide bonds. The van der Waals surface area contributed by atoms with Gasteiger partial charge in [0, 0.05) is 6.61 Å². The second-order valence-corrected chi connectivity index (χ2v) is 3.49. The maximum absolute atomic E-state index is 11.1. The summed E-state index contributed by atoms with van der Waals surface area (Å²) in [6, 6.07) is 7.30. The number of rotatable bonds is 6. The van der Waals surface area contributed by atoms with E-state index in [1.165, 1.54) is 7.11 Å². The molecule has 0 aliphatic carbocycles. The molecule has 0 unspecified atom stereocenters. The van der Waals surface area contributed by atoms with Crippen LogP contribution in [0.25, 0.3) is 0 Å². The van der Waals surface area contributed by atoms with Gasteiger partial charge in [0.15, 0.2) is 0 Å². The Balaban J connectivity index is 2.65. The standard InChI is InChI=1S/C13H16O4/c1-10(13(15)16-2)17-12-7-3-5-11(9-12)6-4-8-14/h3,5,7,9,14H,1,4,6,8H2,2H3. The van der Waals surface area contributed by atoms with Crippen LogP contribution in [0.4, 0.5) is 0 Å². The number of carbonyl (C=O) groups excluding carboxylic acids is 1. The minimum atomic E-state index is -0.592. The van der Waals surface area contributed by atoms with Crippen LogP contribution < -0.4 is 4.74 Å². The molecular formula is C13H16O4. The molecule has 17 heavy (non-hydrogen) atoms. The fraction of sp³-hybridized carbons (Fsp3) is 0.308. The second kappa shape index (κ2) is 6.70. The van der Waals surface area contributed by atoms with Gasteiger partial charge in [-0.3, -0.25) is 0 Å². The molecule has 0 fully saturated rings. The number of hydrogen-bond acceptors (Lipinski definition) is 4. The Morgan fingerprint density at radius 2 is 2.24 bits per heavy atom. The number of benzene rings is 1. The summed E-state index contributed by atoms with van der Waals surface area (Å²) < 4.78 is 9.74. The van der Waals surface area contributed by atoms with Gasteiger partial charge in [-0.25, -0.2) is 4.79 Å². The fourth-order valence-electron chi connectivity index (χ4n) is 1.35. The van der Waals surface area contributed by atoms with Gasteiger partial charge in [0.1, 0.15) is 5.75 Å². The molecular weight excluding hydrogens is 220 g/mol. The number of aliphatic hydroxyl groups is 1. The smallest absolute Gasteiger partial charge is 0.373 e. The van der Waals surface area contributed by atoms with E-state index in [1.807, 2.05) is 18.2 Å². The third-order valence-electron chi connectivity index (χ3n) is 2.18. The lowest BCUT2D eigenvalue weighted by Gasteiger charge is -2.08. The molecule has 0 aliphatic heterocycles. The average Bonchev–Trinajstić information content (AvgIpc) is 2.35. The van der Waals surface area contributed by atoms with Crippen molar-refractivity contribution in [2.24, 2.45) is 0 Å². The number of methoxy groups -OCH3 is 1. The Morgan fingerprint density at radius 3 is 2.88 bits per heavy atom. The summed E-state index contributed by atoms with van der Waals surface area (Å²) in [4.78, 5) is 11.1. The number of aryl methyl sites for hydroxylation is 1. The van der Waals surface area contributed by atoms with E-state index in [-0.39, 0.29) is 12.4 Å². The normalized spacial score (nSPS) is 9.76. The van der Waals surface area contributed by atoms with E-state index in [0.717, 1.165) is 12.0 Å². The Hall–Kier alpha value is -1.81. The van der Waals surface area contributed by atoms with Gasteiger partial charge in [-0.15, -0.1) is 0 Å². The van der Waals surface area contributed by atoms with Crippen molar-refractivity contribution >= 4 is 5.97 Å². The summed E-state index contributed by atoms with van der Waals surface area (Å²) in [6.45, 7) is 3.63. The van der Waals surface area contributed by atoms with Crippen molar-refractivity contribution in [3.8, 4) is 5.75 Å². The van der Waals surface area contributed by atoms with Crippen molar-refractivity contribution in [2.45, 2.75) is 12.8 Å². The van der Waals surface area contributed by atoms with Crippen molar-refractivity contribution in [1.82, 2.24) is 0 Å². The average molecular weight is 236 g/mol. The largest absolute Gasteiger partial charge is 0.463 e. The molecule has 0 atom stereocenters. The zero-order valence-corrected chi connectivity index (χ0v) is 9.81. The minimum absolute atomic E-state index is 0.0493. The highest BCUT2D eigenvalue weighted by molar-refractivity contribution is 5.85. The first-order valence-electron chi connectivity index (χ1n) is 5.32. The van der Waals surface area contributed by atoms with Crippen LogP contribution >= 0.6 is 0 Å². The maximum Gasteiger partial charge on any atom is 0.373 e. The van der Waals surface area contributed by atoms with Crippen molar-refractivity contribution in [3.63, 3.8) is 0 Å². The summed E-state index contributed by atoms with van der Waals surface area (Å²) in [6.07, 6.45) is 1.46. The SMILES string of the molecule is C=C(Oc1cccc(CCCO)c1)C(=O)OC. The predicted molar refractivity (Wildman–Crippen MR) is 63.6 cm³/mol. The highest BCUT2D eigenvalue weighted by Crippen LogP contribution is 2.17. The summed E-state index contributed by atoms with van der Waals surface area (Å²) >= 11 is 0. The van der Waals surface area contributed by atoms with Gasteiger partial charge in [-0.2, -0.15) is 0 Å². The van der Waals surface area contributed by atoms with Gasteiger partial charge in [0.2, 0.25) is 5.76 Å². The van der Waals surface area contributed by atoms with Gasteiger partial charge < -0.3 is 14.6 Å². The predicted octanol–water partition coefficient (Wildman–Crippen LogP) is 1.68. The third-order valence-corrected chi connectivity index (χ3v) is 2.18. The number of ether oxygens (including phenoxy) is 2. The number of carbonyl (C=O) groups is 1. The Morgan fingerprint density at radius 1 is 1.47 bits per heavy atom. The topological polar surface area (TPSA) is 55.8 Å². The molecule has 4 heteroatoms. The van der Waals surface area contributed by atoms with Crippen LogP contribution in [0.2, 0.25) is 0 Å². The van der Waals surface area contributed by atoms with Gasteiger partial charge in [0.05, 0.1) is 7.11 Å². The molecule has 0 aromatic heterocycles. The van der Waals surface area contributed by atoms with E-state index in [4.69, 9.17) is 9.84 Å². The molecule has 0 spiro atoms. The van der Waals surface area contributed by atoms with Crippen molar-refractivity contribution < 1.29 is 19.4 Å². The first-order valence-corrected chi connectivity index (χ1v) is 5.32. The molecule has 0 saturated heterocycles. The quantitative estimate of drug-likeness (QED) is 0.464. The maximum atomic E-state index is 11.1. The molecule has 0 bridgehead atoms. The summed E-state index contributed by atoms with van der Waals surface area (Å²) in [7, 11) is 1.27. The molecule has 1 aromatic carbocycles. The molecule has 92 valence electrons.